The third-order valence-electron chi connectivity index (χ3n) is 2.55. The Morgan fingerprint density at radius 1 is 1.27 bits per heavy atom. The second kappa shape index (κ2) is 7.52. The lowest BCUT2D eigenvalue weighted by Crippen LogP contribution is -2.20. The summed E-state index contributed by atoms with van der Waals surface area (Å²) in [5, 5.41) is 7.21. The van der Waals surface area contributed by atoms with Gasteiger partial charge in [0.25, 0.3) is 0 Å². The normalized spacial score (nSPS) is 12.4. The highest BCUT2D eigenvalue weighted by Gasteiger charge is 2.35. The highest BCUT2D eigenvalue weighted by molar-refractivity contribution is 7.15. The Hall–Kier alpha value is -1.71. The summed E-state index contributed by atoms with van der Waals surface area (Å²) in [6.45, 7) is 0. The van der Waals surface area contributed by atoms with Gasteiger partial charge >= 0.3 is 6.18 Å². The van der Waals surface area contributed by atoms with Gasteiger partial charge in [0.2, 0.25) is 16.0 Å². The fraction of sp³-hybridized carbons (Fsp3) is 0.250. The number of nitrogens with one attached hydrogen (secondary N) is 1. The lowest BCUT2D eigenvalue weighted by atomic mass is 10.0. The number of nitrogens with two attached hydrogens (primary N) is 1. The van der Waals surface area contributed by atoms with E-state index in [-0.39, 0.29) is 35.3 Å². The van der Waals surface area contributed by atoms with Crippen molar-refractivity contribution < 1.29 is 18.0 Å². The van der Waals surface area contributed by atoms with Crippen molar-refractivity contribution in [1.82, 2.24) is 10.2 Å². The maximum absolute atomic E-state index is 12.3. The number of halogens is 4. The first-order chi connectivity index (χ1) is 9.86. The molecule has 0 spiro atoms. The van der Waals surface area contributed by atoms with E-state index < -0.39 is 23.1 Å². The van der Waals surface area contributed by atoms with Crippen LogP contribution >= 0.6 is 23.7 Å². The smallest absolute Gasteiger partial charge is 0.324 e. The summed E-state index contributed by atoms with van der Waals surface area (Å²) in [7, 11) is 0. The van der Waals surface area contributed by atoms with Gasteiger partial charge in [-0.25, -0.2) is 0 Å². The zero-order chi connectivity index (χ0) is 15.5. The standard InChI is InChI=1S/C12H11F3N4OS.ClH/c13-12(14,15)10-18-19-11(21-10)17-9(20)6-8(16)7-4-2-1-3-5-7;/h1-5,8H,6,16H2,(H,17,19,20);1H. The van der Waals surface area contributed by atoms with Gasteiger partial charge in [0.05, 0.1) is 0 Å². The maximum Gasteiger partial charge on any atom is 0.445 e. The summed E-state index contributed by atoms with van der Waals surface area (Å²) in [4.78, 5) is 11.7. The molecule has 1 aromatic carbocycles. The van der Waals surface area contributed by atoms with Crippen molar-refractivity contribution in [2.45, 2.75) is 18.6 Å². The van der Waals surface area contributed by atoms with Crippen molar-refractivity contribution in [3.8, 4) is 0 Å². The Balaban J connectivity index is 0.00000242. The number of aromatic nitrogens is 2. The number of hydrogen-bond donors (Lipinski definition) is 2. The molecule has 0 bridgehead atoms. The molecule has 0 aliphatic carbocycles. The zero-order valence-corrected chi connectivity index (χ0v) is 12.6. The van der Waals surface area contributed by atoms with E-state index in [0.717, 1.165) is 5.56 Å². The first-order valence-corrected chi connectivity index (χ1v) is 6.69. The van der Waals surface area contributed by atoms with E-state index in [1.165, 1.54) is 0 Å². The molecule has 1 unspecified atom stereocenters. The van der Waals surface area contributed by atoms with Crippen LogP contribution < -0.4 is 11.1 Å². The molecule has 3 N–H and O–H groups in total. The molecule has 2 rings (SSSR count). The van der Waals surface area contributed by atoms with Gasteiger partial charge in [0.1, 0.15) is 0 Å². The third-order valence-corrected chi connectivity index (χ3v) is 3.43. The number of rotatable bonds is 4. The minimum atomic E-state index is -4.57. The number of alkyl halides is 3. The predicted molar refractivity (Wildman–Crippen MR) is 78.8 cm³/mol. The van der Waals surface area contributed by atoms with E-state index in [0.29, 0.717) is 0 Å². The Bertz CT molecular complexity index is 620. The third kappa shape index (κ3) is 4.93. The van der Waals surface area contributed by atoms with E-state index in [2.05, 4.69) is 15.5 Å². The maximum atomic E-state index is 12.3. The molecular formula is C12H12ClF3N4OS. The molecule has 1 amide bonds. The molecule has 0 aliphatic heterocycles. The number of carbonyl (C=O) groups excluding carboxylic acids is 1. The lowest BCUT2D eigenvalue weighted by molar-refractivity contribution is -0.138. The second-order valence-corrected chi connectivity index (χ2v) is 5.16. The summed E-state index contributed by atoms with van der Waals surface area (Å²) in [6.07, 6.45) is -4.63. The van der Waals surface area contributed by atoms with E-state index in [4.69, 9.17) is 5.73 Å². The topological polar surface area (TPSA) is 80.9 Å². The van der Waals surface area contributed by atoms with Gasteiger partial charge in [-0.2, -0.15) is 13.2 Å². The van der Waals surface area contributed by atoms with Crippen LogP contribution in [0, 0.1) is 0 Å². The molecule has 120 valence electrons. The van der Waals surface area contributed by atoms with E-state index >= 15 is 0 Å². The van der Waals surface area contributed by atoms with Gasteiger partial charge in [0.15, 0.2) is 0 Å². The van der Waals surface area contributed by atoms with E-state index in [9.17, 15) is 18.0 Å². The van der Waals surface area contributed by atoms with Crippen LogP contribution in [-0.4, -0.2) is 16.1 Å². The van der Waals surface area contributed by atoms with E-state index in [1.807, 2.05) is 6.07 Å². The molecule has 0 aliphatic rings. The van der Waals surface area contributed by atoms with E-state index in [1.54, 1.807) is 24.3 Å². The highest BCUT2D eigenvalue weighted by atomic mass is 35.5. The molecule has 10 heteroatoms. The Morgan fingerprint density at radius 2 is 1.91 bits per heavy atom. The van der Waals surface area contributed by atoms with Crippen LogP contribution in [0.5, 0.6) is 0 Å². The molecule has 2 aromatic rings. The predicted octanol–water partition coefficient (Wildman–Crippen LogP) is 3.01. The Labute approximate surface area is 134 Å². The molecule has 1 heterocycles. The van der Waals surface area contributed by atoms with Crippen LogP contribution in [0.2, 0.25) is 0 Å². The quantitative estimate of drug-likeness (QED) is 0.886. The number of amides is 1. The van der Waals surface area contributed by atoms with Crippen LogP contribution in [0.3, 0.4) is 0 Å². The van der Waals surface area contributed by atoms with Crippen molar-refractivity contribution in [1.29, 1.82) is 0 Å². The van der Waals surface area contributed by atoms with Crippen molar-refractivity contribution >= 4 is 34.8 Å². The van der Waals surface area contributed by atoms with Gasteiger partial charge in [0, 0.05) is 12.5 Å². The first kappa shape index (κ1) is 18.3. The minimum absolute atomic E-state index is 0. The van der Waals surface area contributed by atoms with Crippen LogP contribution in [0.1, 0.15) is 23.0 Å². The van der Waals surface area contributed by atoms with Crippen molar-refractivity contribution in [3.63, 3.8) is 0 Å². The number of hydrogen-bond acceptors (Lipinski definition) is 5. The highest BCUT2D eigenvalue weighted by Crippen LogP contribution is 2.33. The van der Waals surface area contributed by atoms with Gasteiger partial charge in [-0.05, 0) is 5.56 Å². The molecule has 5 nitrogen and oxygen atoms in total. The summed E-state index contributed by atoms with van der Waals surface area (Å²) in [5.74, 6) is -0.517. The average molecular weight is 353 g/mol. The summed E-state index contributed by atoms with van der Waals surface area (Å²) in [6, 6.07) is 8.38. The van der Waals surface area contributed by atoms with Crippen molar-refractivity contribution in [3.05, 3.63) is 40.9 Å². The molecular weight excluding hydrogens is 341 g/mol. The van der Waals surface area contributed by atoms with Crippen LogP contribution in [0.25, 0.3) is 0 Å². The number of anilines is 1. The van der Waals surface area contributed by atoms with Crippen LogP contribution in [0.4, 0.5) is 18.3 Å². The molecule has 0 saturated heterocycles. The monoisotopic (exact) mass is 352 g/mol. The fourth-order valence-electron chi connectivity index (χ4n) is 1.58. The van der Waals surface area contributed by atoms with Gasteiger partial charge in [-0.1, -0.05) is 41.7 Å². The number of carbonyl (C=O) groups is 1. The molecule has 0 fully saturated rings. The van der Waals surface area contributed by atoms with Gasteiger partial charge in [-0.3, -0.25) is 4.79 Å². The zero-order valence-electron chi connectivity index (χ0n) is 11.0. The second-order valence-electron chi connectivity index (χ2n) is 4.18. The average Bonchev–Trinajstić information content (AvgIpc) is 2.88. The lowest BCUT2D eigenvalue weighted by Gasteiger charge is -2.10. The fourth-order valence-corrected chi connectivity index (χ4v) is 2.20. The summed E-state index contributed by atoms with van der Waals surface area (Å²) < 4.78 is 37.0. The van der Waals surface area contributed by atoms with Crippen molar-refractivity contribution in [2.24, 2.45) is 5.73 Å². The SMILES string of the molecule is Cl.NC(CC(=O)Nc1nnc(C(F)(F)F)s1)c1ccccc1. The largest absolute Gasteiger partial charge is 0.445 e. The molecule has 0 saturated carbocycles. The number of nitrogens with zero attached hydrogens (tertiary/aromatic N) is 2. The first-order valence-electron chi connectivity index (χ1n) is 5.87. The van der Waals surface area contributed by atoms with Crippen LogP contribution in [-0.2, 0) is 11.0 Å². The Morgan fingerprint density at radius 3 is 2.45 bits per heavy atom. The summed E-state index contributed by atoms with van der Waals surface area (Å²) >= 11 is 0.271. The molecule has 22 heavy (non-hydrogen) atoms. The summed E-state index contributed by atoms with van der Waals surface area (Å²) in [5.41, 5.74) is 6.62. The number of benzene rings is 1. The Kier molecular flexibility index (Phi) is 6.27. The molecule has 1 aromatic heterocycles. The molecule has 1 atom stereocenters. The molecule has 0 radical (unpaired) electrons. The van der Waals surface area contributed by atoms with Crippen LogP contribution in [0.15, 0.2) is 30.3 Å². The van der Waals surface area contributed by atoms with Gasteiger partial charge in [-0.15, -0.1) is 22.6 Å². The van der Waals surface area contributed by atoms with Gasteiger partial charge < -0.3 is 11.1 Å². The minimum Gasteiger partial charge on any atom is -0.324 e. The van der Waals surface area contributed by atoms with Crippen molar-refractivity contribution in [2.75, 3.05) is 5.32 Å².